The molecule has 0 aliphatic heterocycles. The number of thioether (sulfide) groups is 1. The molecule has 0 fully saturated rings. The summed E-state index contributed by atoms with van der Waals surface area (Å²) in [6.45, 7) is 7.54. The molecule has 8 nitrogen and oxygen atoms in total. The first kappa shape index (κ1) is 24.9. The van der Waals surface area contributed by atoms with E-state index in [4.69, 9.17) is 4.74 Å². The van der Waals surface area contributed by atoms with Crippen LogP contribution in [-0.4, -0.2) is 56.3 Å². The van der Waals surface area contributed by atoms with E-state index in [1.807, 2.05) is 27.7 Å². The van der Waals surface area contributed by atoms with Crippen LogP contribution >= 0.6 is 23.1 Å². The number of halogens is 2. The molecule has 12 heteroatoms. The first-order valence-electron chi connectivity index (χ1n) is 10.0. The number of carboxylic acid groups (broad SMARTS) is 1. The third-order valence-corrected chi connectivity index (χ3v) is 6.57. The zero-order valence-corrected chi connectivity index (χ0v) is 20.5. The Kier molecular flexibility index (Phi) is 7.58. The van der Waals surface area contributed by atoms with Crippen molar-refractivity contribution in [2.75, 3.05) is 19.0 Å². The monoisotopic (exact) mass is 497 g/mol. The molecular weight excluding hydrogens is 472 g/mol. The summed E-state index contributed by atoms with van der Waals surface area (Å²) in [5.41, 5.74) is 0.0198. The van der Waals surface area contributed by atoms with Crippen LogP contribution < -0.4 is 10.1 Å². The van der Waals surface area contributed by atoms with E-state index in [2.05, 4.69) is 20.3 Å². The number of anilines is 1. The summed E-state index contributed by atoms with van der Waals surface area (Å²) in [5.74, 6) is -1.21. The van der Waals surface area contributed by atoms with Gasteiger partial charge in [-0.25, -0.2) is 23.5 Å². The van der Waals surface area contributed by atoms with Crippen molar-refractivity contribution in [3.63, 3.8) is 0 Å². The molecule has 0 unspecified atom stereocenters. The number of ether oxygens (including phenoxy) is 1. The third kappa shape index (κ3) is 5.99. The normalized spacial score (nSPS) is 12.6. The van der Waals surface area contributed by atoms with Gasteiger partial charge in [-0.1, -0.05) is 35.2 Å². The quantitative estimate of drug-likeness (QED) is 0.322. The van der Waals surface area contributed by atoms with Gasteiger partial charge in [-0.15, -0.1) is 0 Å². The first-order chi connectivity index (χ1) is 15.5. The number of amides is 1. The minimum Gasteiger partial charge on any atom is -0.473 e. The second-order valence-electron chi connectivity index (χ2n) is 8.30. The van der Waals surface area contributed by atoms with E-state index in [-0.39, 0.29) is 23.9 Å². The molecule has 3 aromatic rings. The number of hydrogen-bond donors (Lipinski definition) is 2. The largest absolute Gasteiger partial charge is 0.473 e. The highest BCUT2D eigenvalue weighted by atomic mass is 32.2. The topological polar surface area (TPSA) is 100 Å². The third-order valence-electron chi connectivity index (χ3n) is 4.66. The van der Waals surface area contributed by atoms with Crippen LogP contribution in [0, 0.1) is 11.6 Å². The minimum atomic E-state index is -1.02. The molecule has 0 spiro atoms. The van der Waals surface area contributed by atoms with E-state index >= 15 is 0 Å². The number of carbonyl (C=O) groups is 1. The fraction of sp³-hybridized carbons (Fsp3) is 0.429. The molecule has 178 valence electrons. The maximum Gasteiger partial charge on any atom is 0.407 e. The number of nitrogens with one attached hydrogen (secondary N) is 1. The second-order valence-corrected chi connectivity index (χ2v) is 10.2. The lowest BCUT2D eigenvalue weighted by atomic mass is 10.1. The molecule has 2 N–H and O–H groups in total. The SMILES string of the molecule is COc1nc2nc(SCc3cccc(F)c3F)nc(N[C@H](C)CN(C(=O)O)C(C)(C)C)c2s1. The molecule has 2 aromatic heterocycles. The van der Waals surface area contributed by atoms with Crippen LogP contribution in [0.5, 0.6) is 5.19 Å². The summed E-state index contributed by atoms with van der Waals surface area (Å²) in [7, 11) is 1.50. The Balaban J connectivity index is 1.87. The summed E-state index contributed by atoms with van der Waals surface area (Å²) in [6, 6.07) is 3.73. The molecule has 1 atom stereocenters. The maximum absolute atomic E-state index is 14.0. The second kappa shape index (κ2) is 10.0. The molecule has 0 aliphatic carbocycles. The molecular formula is C21H25F2N5O3S2. The highest BCUT2D eigenvalue weighted by Gasteiger charge is 2.28. The van der Waals surface area contributed by atoms with Crippen LogP contribution in [0.1, 0.15) is 33.3 Å². The zero-order valence-electron chi connectivity index (χ0n) is 18.8. The average Bonchev–Trinajstić information content (AvgIpc) is 3.15. The van der Waals surface area contributed by atoms with Crippen LogP contribution in [0.3, 0.4) is 0 Å². The molecule has 0 radical (unpaired) electrons. The van der Waals surface area contributed by atoms with Gasteiger partial charge in [0.15, 0.2) is 28.3 Å². The zero-order chi connectivity index (χ0) is 24.3. The Bertz CT molecular complexity index is 1150. The van der Waals surface area contributed by atoms with Gasteiger partial charge in [0, 0.05) is 29.4 Å². The summed E-state index contributed by atoms with van der Waals surface area (Å²) >= 11 is 2.40. The predicted molar refractivity (Wildman–Crippen MR) is 125 cm³/mol. The lowest BCUT2D eigenvalue weighted by Crippen LogP contribution is -2.49. The van der Waals surface area contributed by atoms with Gasteiger partial charge < -0.3 is 20.1 Å². The predicted octanol–water partition coefficient (Wildman–Crippen LogP) is 5.24. The van der Waals surface area contributed by atoms with Crippen LogP contribution in [0.4, 0.5) is 19.4 Å². The molecule has 1 aromatic carbocycles. The number of nitrogens with zero attached hydrogens (tertiary/aromatic N) is 4. The number of benzene rings is 1. The van der Waals surface area contributed by atoms with Crippen molar-refractivity contribution in [3.8, 4) is 5.19 Å². The Labute approximate surface area is 198 Å². The number of aromatic nitrogens is 3. The van der Waals surface area contributed by atoms with E-state index in [9.17, 15) is 18.7 Å². The molecule has 2 heterocycles. The van der Waals surface area contributed by atoms with Crippen molar-refractivity contribution in [2.24, 2.45) is 0 Å². The summed E-state index contributed by atoms with van der Waals surface area (Å²) in [6.07, 6.45) is -1.02. The first-order valence-corrected chi connectivity index (χ1v) is 11.8. The number of methoxy groups -OCH3 is 1. The fourth-order valence-corrected chi connectivity index (χ4v) is 4.62. The van der Waals surface area contributed by atoms with Crippen LogP contribution in [0.15, 0.2) is 23.4 Å². The fourth-order valence-electron chi connectivity index (χ4n) is 3.03. The highest BCUT2D eigenvalue weighted by Crippen LogP contribution is 2.34. The molecule has 0 saturated carbocycles. The van der Waals surface area contributed by atoms with Gasteiger partial charge in [0.2, 0.25) is 0 Å². The number of fused-ring (bicyclic) bond motifs is 1. The van der Waals surface area contributed by atoms with Gasteiger partial charge in [-0.3, -0.25) is 0 Å². The Morgan fingerprint density at radius 1 is 1.30 bits per heavy atom. The van der Waals surface area contributed by atoms with Crippen molar-refractivity contribution in [2.45, 2.75) is 50.2 Å². The number of thiazole rings is 1. The van der Waals surface area contributed by atoms with Crippen molar-refractivity contribution in [1.29, 1.82) is 0 Å². The van der Waals surface area contributed by atoms with Gasteiger partial charge in [-0.05, 0) is 33.8 Å². The van der Waals surface area contributed by atoms with Crippen LogP contribution in [-0.2, 0) is 5.75 Å². The maximum atomic E-state index is 14.0. The van der Waals surface area contributed by atoms with Crippen molar-refractivity contribution in [1.82, 2.24) is 19.9 Å². The van der Waals surface area contributed by atoms with Gasteiger partial charge in [0.25, 0.3) is 5.19 Å². The summed E-state index contributed by atoms with van der Waals surface area (Å²) in [4.78, 5) is 26.3. The van der Waals surface area contributed by atoms with Crippen molar-refractivity contribution >= 4 is 45.4 Å². The van der Waals surface area contributed by atoms with E-state index in [0.29, 0.717) is 26.5 Å². The molecule has 33 heavy (non-hydrogen) atoms. The van der Waals surface area contributed by atoms with Crippen LogP contribution in [0.2, 0.25) is 0 Å². The summed E-state index contributed by atoms with van der Waals surface area (Å²) < 4.78 is 33.4. The lowest BCUT2D eigenvalue weighted by Gasteiger charge is -2.35. The van der Waals surface area contributed by atoms with Gasteiger partial charge in [-0.2, -0.15) is 4.98 Å². The van der Waals surface area contributed by atoms with E-state index < -0.39 is 23.3 Å². The Hall–Kier alpha value is -2.73. The van der Waals surface area contributed by atoms with Crippen LogP contribution in [0.25, 0.3) is 10.3 Å². The Morgan fingerprint density at radius 3 is 2.67 bits per heavy atom. The smallest absolute Gasteiger partial charge is 0.407 e. The molecule has 0 aliphatic rings. The molecule has 0 bridgehead atoms. The van der Waals surface area contributed by atoms with E-state index in [1.165, 1.54) is 35.5 Å². The highest BCUT2D eigenvalue weighted by molar-refractivity contribution is 7.98. The number of rotatable bonds is 8. The molecule has 0 saturated heterocycles. The van der Waals surface area contributed by atoms with Gasteiger partial charge >= 0.3 is 6.09 Å². The van der Waals surface area contributed by atoms with Crippen molar-refractivity contribution in [3.05, 3.63) is 35.4 Å². The minimum absolute atomic E-state index is 0.127. The van der Waals surface area contributed by atoms with E-state index in [0.717, 1.165) is 17.8 Å². The molecule has 1 amide bonds. The molecule has 3 rings (SSSR count). The van der Waals surface area contributed by atoms with Crippen molar-refractivity contribution < 1.29 is 23.4 Å². The lowest BCUT2D eigenvalue weighted by molar-refractivity contribution is 0.0984. The van der Waals surface area contributed by atoms with Gasteiger partial charge in [0.1, 0.15) is 4.70 Å². The standard InChI is InChI=1S/C21H25F2N5O3S2/c1-11(9-28(20(29)30)21(2,3)4)24-16-15-17(27-19(31-5)33-15)26-18(25-16)32-10-12-7-6-8-13(22)14(12)23/h6-8,11H,9-10H2,1-5H3,(H,29,30)(H,24,25,26)/t11-/m1/s1. The Morgan fingerprint density at radius 2 is 2.03 bits per heavy atom. The van der Waals surface area contributed by atoms with Gasteiger partial charge in [0.05, 0.1) is 7.11 Å². The average molecular weight is 498 g/mol. The number of hydrogen-bond acceptors (Lipinski definition) is 8. The van der Waals surface area contributed by atoms with E-state index in [1.54, 1.807) is 0 Å². The summed E-state index contributed by atoms with van der Waals surface area (Å²) in [5, 5.41) is 13.6.